The summed E-state index contributed by atoms with van der Waals surface area (Å²) in [5, 5.41) is 1.93. The minimum Gasteiger partial charge on any atom is -0.372 e. The molecule has 0 N–H and O–H groups in total. The van der Waals surface area contributed by atoms with Gasteiger partial charge in [0.15, 0.2) is 0 Å². The van der Waals surface area contributed by atoms with Crippen LogP contribution in [0.15, 0.2) is 47.4 Å². The summed E-state index contributed by atoms with van der Waals surface area (Å²) in [6, 6.07) is 10.5. The molecule has 1 aromatic carbocycles. The molecule has 2 aromatic rings. The van der Waals surface area contributed by atoms with E-state index in [1.807, 2.05) is 11.4 Å². The average molecular weight is 234 g/mol. The van der Waals surface area contributed by atoms with Gasteiger partial charge in [0.05, 0.1) is 5.51 Å². The van der Waals surface area contributed by atoms with Crippen molar-refractivity contribution in [3.63, 3.8) is 0 Å². The van der Waals surface area contributed by atoms with Crippen molar-refractivity contribution < 1.29 is 0 Å². The monoisotopic (exact) mass is 234 g/mol. The molecule has 0 aliphatic carbocycles. The lowest BCUT2D eigenvalue weighted by Gasteiger charge is -2.20. The van der Waals surface area contributed by atoms with Crippen LogP contribution < -0.4 is 4.90 Å². The van der Waals surface area contributed by atoms with E-state index in [2.05, 4.69) is 48.0 Å². The van der Waals surface area contributed by atoms with Crippen molar-refractivity contribution in [2.45, 2.75) is 13.8 Å². The summed E-state index contributed by atoms with van der Waals surface area (Å²) in [5.74, 6) is 0. The van der Waals surface area contributed by atoms with Crippen molar-refractivity contribution in [2.24, 2.45) is 0 Å². The summed E-state index contributed by atoms with van der Waals surface area (Å²) in [7, 11) is 0. The number of thiazole rings is 1. The van der Waals surface area contributed by atoms with E-state index in [4.69, 9.17) is 0 Å². The van der Waals surface area contributed by atoms with Gasteiger partial charge in [-0.1, -0.05) is 18.2 Å². The first-order chi connectivity index (χ1) is 7.88. The van der Waals surface area contributed by atoms with Crippen molar-refractivity contribution in [3.8, 4) is 0 Å². The number of anilines is 1. The number of aromatic nitrogens is 1. The topological polar surface area (TPSA) is 16.1 Å². The maximum absolute atomic E-state index is 3.74. The first-order valence-electron chi connectivity index (χ1n) is 5.50. The molecule has 3 heteroatoms. The van der Waals surface area contributed by atoms with Crippen LogP contribution in [0.5, 0.6) is 0 Å². The van der Waals surface area contributed by atoms with Crippen molar-refractivity contribution in [3.05, 3.63) is 47.4 Å². The summed E-state index contributed by atoms with van der Waals surface area (Å²) in [6.45, 7) is 6.52. The highest BCUT2D eigenvalue weighted by Gasteiger charge is 1.97. The molecule has 0 amide bonds. The van der Waals surface area contributed by atoms with Crippen molar-refractivity contribution in [2.75, 3.05) is 18.0 Å². The quantitative estimate of drug-likeness (QED) is 0.805. The highest BCUT2D eigenvalue weighted by Crippen LogP contribution is 2.11. The first-order valence-corrected chi connectivity index (χ1v) is 6.44. The molecule has 0 aliphatic rings. The second-order valence-electron chi connectivity index (χ2n) is 3.18. The van der Waals surface area contributed by atoms with Gasteiger partial charge < -0.3 is 4.90 Å². The molecule has 0 aliphatic heterocycles. The third kappa shape index (κ3) is 4.45. The fraction of sp³-hybridized carbons (Fsp3) is 0.308. The minimum absolute atomic E-state index is 1.08. The van der Waals surface area contributed by atoms with E-state index in [0.717, 1.165) is 13.1 Å². The number of benzene rings is 1. The van der Waals surface area contributed by atoms with E-state index in [1.54, 1.807) is 23.0 Å². The Morgan fingerprint density at radius 3 is 2.19 bits per heavy atom. The molecule has 2 nitrogen and oxygen atoms in total. The lowest BCUT2D eigenvalue weighted by Crippen LogP contribution is -2.21. The highest BCUT2D eigenvalue weighted by molar-refractivity contribution is 7.07. The number of hydrogen-bond donors (Lipinski definition) is 0. The first kappa shape index (κ1) is 12.7. The molecule has 16 heavy (non-hydrogen) atoms. The van der Waals surface area contributed by atoms with E-state index in [0.29, 0.717) is 0 Å². The number of para-hydroxylation sites is 1. The van der Waals surface area contributed by atoms with Crippen LogP contribution in [0.25, 0.3) is 0 Å². The zero-order valence-electron chi connectivity index (χ0n) is 9.84. The lowest BCUT2D eigenvalue weighted by molar-refractivity contribution is 0.866. The largest absolute Gasteiger partial charge is 0.372 e. The van der Waals surface area contributed by atoms with Gasteiger partial charge in [-0.05, 0) is 26.0 Å². The fourth-order valence-electron chi connectivity index (χ4n) is 1.40. The van der Waals surface area contributed by atoms with Gasteiger partial charge in [0, 0.05) is 30.4 Å². The molecule has 0 atom stereocenters. The molecule has 1 aromatic heterocycles. The van der Waals surface area contributed by atoms with E-state index >= 15 is 0 Å². The maximum Gasteiger partial charge on any atom is 0.0791 e. The Kier molecular flexibility index (Phi) is 6.26. The molecular weight excluding hydrogens is 216 g/mol. The SMILES string of the molecule is CCN(CC)c1ccccc1.c1cscn1. The maximum atomic E-state index is 3.74. The number of nitrogens with zero attached hydrogens (tertiary/aromatic N) is 2. The van der Waals surface area contributed by atoms with Gasteiger partial charge in [0.2, 0.25) is 0 Å². The molecule has 0 unspecified atom stereocenters. The second-order valence-corrected chi connectivity index (χ2v) is 3.94. The third-order valence-corrected chi connectivity index (χ3v) is 2.75. The van der Waals surface area contributed by atoms with E-state index in [1.165, 1.54) is 5.69 Å². The van der Waals surface area contributed by atoms with Crippen LogP contribution in [-0.4, -0.2) is 18.1 Å². The molecular formula is C13H18N2S. The molecule has 1 heterocycles. The molecule has 0 bridgehead atoms. The van der Waals surface area contributed by atoms with Crippen molar-refractivity contribution in [1.82, 2.24) is 4.98 Å². The highest BCUT2D eigenvalue weighted by atomic mass is 32.1. The Morgan fingerprint density at radius 1 is 1.12 bits per heavy atom. The number of rotatable bonds is 3. The van der Waals surface area contributed by atoms with Crippen LogP contribution in [0.4, 0.5) is 5.69 Å². The van der Waals surface area contributed by atoms with Crippen LogP contribution in [0.1, 0.15) is 13.8 Å². The molecule has 0 saturated carbocycles. The van der Waals surface area contributed by atoms with E-state index in [-0.39, 0.29) is 0 Å². The molecule has 0 saturated heterocycles. The standard InChI is InChI=1S/C10H15N.C3H3NS/c1-3-11(4-2)10-8-6-5-7-9-10;1-2-5-3-4-1/h5-9H,3-4H2,1-2H3;1-3H. The lowest BCUT2D eigenvalue weighted by atomic mass is 10.3. The smallest absolute Gasteiger partial charge is 0.0791 e. The van der Waals surface area contributed by atoms with Gasteiger partial charge in [-0.2, -0.15) is 0 Å². The molecule has 0 fully saturated rings. The van der Waals surface area contributed by atoms with Crippen LogP contribution in [-0.2, 0) is 0 Å². The van der Waals surface area contributed by atoms with Gasteiger partial charge in [0.25, 0.3) is 0 Å². The third-order valence-electron chi connectivity index (χ3n) is 2.23. The van der Waals surface area contributed by atoms with Crippen LogP contribution in [0.3, 0.4) is 0 Å². The second kappa shape index (κ2) is 7.88. The molecule has 2 rings (SSSR count). The summed E-state index contributed by atoms with van der Waals surface area (Å²) >= 11 is 1.60. The number of hydrogen-bond acceptors (Lipinski definition) is 3. The molecule has 0 radical (unpaired) electrons. The fourth-order valence-corrected chi connectivity index (χ4v) is 1.75. The van der Waals surface area contributed by atoms with E-state index in [9.17, 15) is 0 Å². The zero-order chi connectivity index (χ0) is 11.6. The van der Waals surface area contributed by atoms with E-state index < -0.39 is 0 Å². The predicted molar refractivity (Wildman–Crippen MR) is 72.1 cm³/mol. The average Bonchev–Trinajstić information content (AvgIpc) is 2.91. The normalized spacial score (nSPS) is 9.12. The Bertz CT molecular complexity index is 324. The Labute approximate surface area is 102 Å². The van der Waals surface area contributed by atoms with Crippen LogP contribution >= 0.6 is 11.3 Å². The molecule has 0 spiro atoms. The Morgan fingerprint density at radius 2 is 1.81 bits per heavy atom. The molecule has 86 valence electrons. The van der Waals surface area contributed by atoms with Gasteiger partial charge >= 0.3 is 0 Å². The van der Waals surface area contributed by atoms with Crippen molar-refractivity contribution >= 4 is 17.0 Å². The van der Waals surface area contributed by atoms with Crippen LogP contribution in [0.2, 0.25) is 0 Å². The van der Waals surface area contributed by atoms with Gasteiger partial charge in [-0.3, -0.25) is 4.98 Å². The van der Waals surface area contributed by atoms with Crippen molar-refractivity contribution in [1.29, 1.82) is 0 Å². The van der Waals surface area contributed by atoms with Gasteiger partial charge in [-0.15, -0.1) is 11.3 Å². The van der Waals surface area contributed by atoms with Gasteiger partial charge in [-0.25, -0.2) is 0 Å². The van der Waals surface area contributed by atoms with Gasteiger partial charge in [0.1, 0.15) is 0 Å². The summed E-state index contributed by atoms with van der Waals surface area (Å²) in [6.07, 6.45) is 1.77. The Hall–Kier alpha value is -1.35. The Balaban J connectivity index is 0.000000212. The summed E-state index contributed by atoms with van der Waals surface area (Å²) < 4.78 is 0. The minimum atomic E-state index is 1.08. The van der Waals surface area contributed by atoms with Crippen LogP contribution in [0, 0.1) is 0 Å². The zero-order valence-corrected chi connectivity index (χ0v) is 10.7. The predicted octanol–water partition coefficient (Wildman–Crippen LogP) is 3.68. The summed E-state index contributed by atoms with van der Waals surface area (Å²) in [4.78, 5) is 6.07. The summed E-state index contributed by atoms with van der Waals surface area (Å²) in [5.41, 5.74) is 3.11.